The highest BCUT2D eigenvalue weighted by Crippen LogP contribution is 2.20. The molecular formula is C20H21ClN2O5S. The Hall–Kier alpha value is -2.71. The van der Waals surface area contributed by atoms with Crippen molar-refractivity contribution in [1.82, 2.24) is 5.32 Å². The number of carbonyl (C=O) groups is 3. The van der Waals surface area contributed by atoms with Crippen molar-refractivity contribution in [1.29, 1.82) is 0 Å². The van der Waals surface area contributed by atoms with Crippen LogP contribution in [0.1, 0.15) is 11.1 Å². The fourth-order valence-corrected chi connectivity index (χ4v) is 3.28. The first-order valence-electron chi connectivity index (χ1n) is 8.69. The lowest BCUT2D eigenvalue weighted by molar-refractivity contribution is -0.138. The minimum atomic E-state index is -1.21. The Morgan fingerprint density at radius 1 is 1.17 bits per heavy atom. The molecule has 3 N–H and O–H groups in total. The number of carbonyl (C=O) groups excluding carboxylic acids is 2. The van der Waals surface area contributed by atoms with Gasteiger partial charge in [0.25, 0.3) is 0 Å². The summed E-state index contributed by atoms with van der Waals surface area (Å²) in [6, 6.07) is 13.0. The van der Waals surface area contributed by atoms with E-state index in [0.29, 0.717) is 10.7 Å². The van der Waals surface area contributed by atoms with Crippen molar-refractivity contribution in [3.05, 3.63) is 64.7 Å². The first kappa shape index (κ1) is 22.6. The van der Waals surface area contributed by atoms with Crippen LogP contribution in [0.2, 0.25) is 5.02 Å². The predicted octanol–water partition coefficient (Wildman–Crippen LogP) is 3.70. The van der Waals surface area contributed by atoms with E-state index in [1.54, 1.807) is 30.3 Å². The summed E-state index contributed by atoms with van der Waals surface area (Å²) in [6.45, 7) is 1.87. The molecule has 2 amide bonds. The van der Waals surface area contributed by atoms with E-state index in [1.807, 2.05) is 25.1 Å². The minimum absolute atomic E-state index is 0.0116. The van der Waals surface area contributed by atoms with Gasteiger partial charge in [0, 0.05) is 16.5 Å². The molecule has 7 nitrogen and oxygen atoms in total. The number of ether oxygens (including phenoxy) is 1. The zero-order valence-electron chi connectivity index (χ0n) is 15.7. The standard InChI is InChI=1S/C20H21ClN2O5S/c1-13-7-8-15(21)9-16(13)22-18(24)12-29-11-17(19(25)26)23-20(27)28-10-14-5-3-2-4-6-14/h2-9,17H,10-12H2,1H3,(H,22,24)(H,23,27)(H,25,26). The van der Waals surface area contributed by atoms with Gasteiger partial charge in [-0.05, 0) is 30.2 Å². The van der Waals surface area contributed by atoms with Crippen molar-refractivity contribution in [2.24, 2.45) is 0 Å². The number of thioether (sulfide) groups is 1. The summed E-state index contributed by atoms with van der Waals surface area (Å²) in [4.78, 5) is 35.3. The van der Waals surface area contributed by atoms with Crippen molar-refractivity contribution in [3.63, 3.8) is 0 Å². The second kappa shape index (κ2) is 11.3. The van der Waals surface area contributed by atoms with E-state index in [0.717, 1.165) is 22.9 Å². The quantitative estimate of drug-likeness (QED) is 0.553. The van der Waals surface area contributed by atoms with E-state index in [4.69, 9.17) is 16.3 Å². The second-order valence-electron chi connectivity index (χ2n) is 6.12. The lowest BCUT2D eigenvalue weighted by Gasteiger charge is -2.14. The van der Waals surface area contributed by atoms with Crippen molar-refractivity contribution in [2.75, 3.05) is 16.8 Å². The van der Waals surface area contributed by atoms with E-state index >= 15 is 0 Å². The molecule has 29 heavy (non-hydrogen) atoms. The van der Waals surface area contributed by atoms with Gasteiger partial charge in [-0.25, -0.2) is 9.59 Å². The number of anilines is 1. The van der Waals surface area contributed by atoms with Crippen molar-refractivity contribution in [3.8, 4) is 0 Å². The van der Waals surface area contributed by atoms with Crippen LogP contribution in [0.3, 0.4) is 0 Å². The number of alkyl carbamates (subject to hydrolysis) is 1. The molecule has 0 aliphatic carbocycles. The second-order valence-corrected chi connectivity index (χ2v) is 7.59. The number of aryl methyl sites for hydroxylation is 1. The van der Waals surface area contributed by atoms with E-state index < -0.39 is 18.1 Å². The maximum atomic E-state index is 12.1. The van der Waals surface area contributed by atoms with Crippen molar-refractivity contribution >= 4 is 47.0 Å². The molecule has 0 bridgehead atoms. The van der Waals surface area contributed by atoms with Crippen LogP contribution in [0.5, 0.6) is 0 Å². The van der Waals surface area contributed by atoms with Gasteiger partial charge in [0.1, 0.15) is 12.6 Å². The average Bonchev–Trinajstić information content (AvgIpc) is 2.69. The number of nitrogens with one attached hydrogen (secondary N) is 2. The molecule has 154 valence electrons. The highest BCUT2D eigenvalue weighted by Gasteiger charge is 2.21. The number of benzene rings is 2. The summed E-state index contributed by atoms with van der Waals surface area (Å²) < 4.78 is 5.03. The first-order chi connectivity index (χ1) is 13.8. The molecular weight excluding hydrogens is 416 g/mol. The molecule has 0 fully saturated rings. The molecule has 0 heterocycles. The number of aliphatic carboxylic acids is 1. The molecule has 0 saturated heterocycles. The van der Waals surface area contributed by atoms with Crippen LogP contribution < -0.4 is 10.6 Å². The molecule has 9 heteroatoms. The number of amides is 2. The number of rotatable bonds is 9. The largest absolute Gasteiger partial charge is 0.480 e. The van der Waals surface area contributed by atoms with Gasteiger partial charge < -0.3 is 20.5 Å². The fourth-order valence-electron chi connectivity index (χ4n) is 2.27. The lowest BCUT2D eigenvalue weighted by Crippen LogP contribution is -2.43. The van der Waals surface area contributed by atoms with E-state index in [1.165, 1.54) is 0 Å². The lowest BCUT2D eigenvalue weighted by atomic mass is 10.2. The zero-order chi connectivity index (χ0) is 21.2. The highest BCUT2D eigenvalue weighted by atomic mass is 35.5. The summed E-state index contributed by atoms with van der Waals surface area (Å²) in [7, 11) is 0. The van der Waals surface area contributed by atoms with E-state index in [9.17, 15) is 19.5 Å². The van der Waals surface area contributed by atoms with Crippen LogP contribution in [-0.2, 0) is 20.9 Å². The zero-order valence-corrected chi connectivity index (χ0v) is 17.3. The van der Waals surface area contributed by atoms with Gasteiger partial charge in [-0.3, -0.25) is 4.79 Å². The third-order valence-electron chi connectivity index (χ3n) is 3.79. The average molecular weight is 437 g/mol. The molecule has 2 aromatic carbocycles. The smallest absolute Gasteiger partial charge is 0.408 e. The van der Waals surface area contributed by atoms with Crippen LogP contribution in [0, 0.1) is 6.92 Å². The fraction of sp³-hybridized carbons (Fsp3) is 0.250. The molecule has 2 aromatic rings. The molecule has 0 radical (unpaired) electrons. The monoisotopic (exact) mass is 436 g/mol. The highest BCUT2D eigenvalue weighted by molar-refractivity contribution is 8.00. The SMILES string of the molecule is Cc1ccc(Cl)cc1NC(=O)CSCC(NC(=O)OCc1ccccc1)C(=O)O. The van der Waals surface area contributed by atoms with Crippen LogP contribution >= 0.6 is 23.4 Å². The van der Waals surface area contributed by atoms with Gasteiger partial charge in [0.2, 0.25) is 5.91 Å². The number of hydrogen-bond donors (Lipinski definition) is 3. The van der Waals surface area contributed by atoms with Gasteiger partial charge in [-0.1, -0.05) is 48.0 Å². The van der Waals surface area contributed by atoms with Crippen LogP contribution in [0.4, 0.5) is 10.5 Å². The summed E-state index contributed by atoms with van der Waals surface area (Å²) in [6.07, 6.45) is -0.833. The van der Waals surface area contributed by atoms with Crippen molar-refractivity contribution < 1.29 is 24.2 Å². The van der Waals surface area contributed by atoms with E-state index in [2.05, 4.69) is 10.6 Å². The molecule has 0 spiro atoms. The molecule has 0 aromatic heterocycles. The van der Waals surface area contributed by atoms with Gasteiger partial charge in [0.15, 0.2) is 0 Å². The first-order valence-corrected chi connectivity index (χ1v) is 10.2. The maximum Gasteiger partial charge on any atom is 0.408 e. The molecule has 0 aliphatic heterocycles. The van der Waals surface area contributed by atoms with Crippen LogP contribution in [0.25, 0.3) is 0 Å². The van der Waals surface area contributed by atoms with Gasteiger partial charge in [-0.2, -0.15) is 0 Å². The summed E-state index contributed by atoms with van der Waals surface area (Å²) in [5.41, 5.74) is 2.25. The number of carboxylic acid groups (broad SMARTS) is 1. The van der Waals surface area contributed by atoms with Gasteiger partial charge in [-0.15, -0.1) is 11.8 Å². The Kier molecular flexibility index (Phi) is 8.82. The summed E-state index contributed by atoms with van der Waals surface area (Å²) in [5.74, 6) is -1.47. The predicted molar refractivity (Wildman–Crippen MR) is 113 cm³/mol. The Morgan fingerprint density at radius 2 is 1.90 bits per heavy atom. The Morgan fingerprint density at radius 3 is 2.59 bits per heavy atom. The molecule has 2 rings (SSSR count). The molecule has 1 atom stereocenters. The molecule has 0 saturated carbocycles. The number of halogens is 1. The molecule has 1 unspecified atom stereocenters. The third kappa shape index (κ3) is 8.05. The Balaban J connectivity index is 1.76. The van der Waals surface area contributed by atoms with Crippen molar-refractivity contribution in [2.45, 2.75) is 19.6 Å². The van der Waals surface area contributed by atoms with Crippen LogP contribution in [-0.4, -0.2) is 40.6 Å². The topological polar surface area (TPSA) is 105 Å². The number of hydrogen-bond acceptors (Lipinski definition) is 5. The minimum Gasteiger partial charge on any atom is -0.480 e. The maximum absolute atomic E-state index is 12.1. The molecule has 0 aliphatic rings. The normalized spacial score (nSPS) is 11.4. The summed E-state index contributed by atoms with van der Waals surface area (Å²) in [5, 5.41) is 14.8. The van der Waals surface area contributed by atoms with Gasteiger partial charge in [0.05, 0.1) is 5.75 Å². The van der Waals surface area contributed by atoms with E-state index in [-0.39, 0.29) is 24.0 Å². The Labute approximate surface area is 177 Å². The van der Waals surface area contributed by atoms with Gasteiger partial charge >= 0.3 is 12.1 Å². The summed E-state index contributed by atoms with van der Waals surface area (Å²) >= 11 is 7.01. The third-order valence-corrected chi connectivity index (χ3v) is 5.06. The Bertz CT molecular complexity index is 863. The van der Waals surface area contributed by atoms with Crippen LogP contribution in [0.15, 0.2) is 48.5 Å². The number of carboxylic acids is 1.